The molecule has 0 saturated heterocycles. The summed E-state index contributed by atoms with van der Waals surface area (Å²) in [6.07, 6.45) is 2.61. The fourth-order valence-corrected chi connectivity index (χ4v) is 2.72. The van der Waals surface area contributed by atoms with Crippen LogP contribution in [0.3, 0.4) is 0 Å². The molecule has 2 aromatic rings. The van der Waals surface area contributed by atoms with E-state index in [4.69, 9.17) is 9.47 Å². The third-order valence-corrected chi connectivity index (χ3v) is 4.12. The van der Waals surface area contributed by atoms with E-state index >= 15 is 0 Å². The van der Waals surface area contributed by atoms with Crippen molar-refractivity contribution in [3.63, 3.8) is 0 Å². The zero-order valence-electron chi connectivity index (χ0n) is 12.2. The molecule has 0 aliphatic heterocycles. The molecule has 1 saturated carbocycles. The fourth-order valence-electron chi connectivity index (χ4n) is 1.99. The number of thiazole rings is 1. The second-order valence-corrected chi connectivity index (χ2v) is 6.03. The molecule has 1 fully saturated rings. The fraction of sp³-hybridized carbons (Fsp3) is 0.438. The standard InChI is InChI=1S/C16H20N2O2S/c1-2-19-14-4-3-5-15(8-14)20-10-13-11-21-16(18-13)9-17-12-6-7-12/h3-5,8,11-12,17H,2,6-7,9-10H2,1H3. The number of nitrogens with one attached hydrogen (secondary N) is 1. The molecule has 21 heavy (non-hydrogen) atoms. The van der Waals surface area contributed by atoms with Gasteiger partial charge in [-0.15, -0.1) is 11.3 Å². The monoisotopic (exact) mass is 304 g/mol. The third-order valence-electron chi connectivity index (χ3n) is 3.22. The molecule has 1 heterocycles. The van der Waals surface area contributed by atoms with E-state index in [0.717, 1.165) is 34.8 Å². The molecule has 1 aromatic carbocycles. The highest BCUT2D eigenvalue weighted by molar-refractivity contribution is 7.09. The summed E-state index contributed by atoms with van der Waals surface area (Å²) in [5, 5.41) is 6.67. The van der Waals surface area contributed by atoms with E-state index in [1.54, 1.807) is 11.3 Å². The summed E-state index contributed by atoms with van der Waals surface area (Å²) in [5.41, 5.74) is 0.981. The zero-order chi connectivity index (χ0) is 14.5. The molecule has 0 amide bonds. The van der Waals surface area contributed by atoms with Crippen molar-refractivity contribution < 1.29 is 9.47 Å². The molecular weight excluding hydrogens is 284 g/mol. The molecule has 1 aromatic heterocycles. The SMILES string of the molecule is CCOc1cccc(OCc2csc(CNC3CC3)n2)c1. The summed E-state index contributed by atoms with van der Waals surface area (Å²) in [4.78, 5) is 4.58. The van der Waals surface area contributed by atoms with E-state index in [-0.39, 0.29) is 0 Å². The van der Waals surface area contributed by atoms with Gasteiger partial charge in [0.2, 0.25) is 0 Å². The number of hydrogen-bond acceptors (Lipinski definition) is 5. The van der Waals surface area contributed by atoms with Crippen LogP contribution >= 0.6 is 11.3 Å². The number of ether oxygens (including phenoxy) is 2. The molecule has 0 radical (unpaired) electrons. The van der Waals surface area contributed by atoms with E-state index in [2.05, 4.69) is 15.7 Å². The van der Waals surface area contributed by atoms with Gasteiger partial charge in [0.05, 0.1) is 12.3 Å². The number of hydrogen-bond donors (Lipinski definition) is 1. The number of aromatic nitrogens is 1. The molecule has 1 N–H and O–H groups in total. The largest absolute Gasteiger partial charge is 0.494 e. The van der Waals surface area contributed by atoms with E-state index in [0.29, 0.717) is 13.2 Å². The Morgan fingerprint density at radius 1 is 1.29 bits per heavy atom. The molecule has 4 nitrogen and oxygen atoms in total. The van der Waals surface area contributed by atoms with Crippen molar-refractivity contribution in [1.29, 1.82) is 0 Å². The Bertz CT molecular complexity index is 581. The van der Waals surface area contributed by atoms with Gasteiger partial charge in [-0.3, -0.25) is 0 Å². The summed E-state index contributed by atoms with van der Waals surface area (Å²) in [5.74, 6) is 1.65. The molecule has 5 heteroatoms. The first kappa shape index (κ1) is 14.4. The lowest BCUT2D eigenvalue weighted by molar-refractivity contribution is 0.296. The maximum Gasteiger partial charge on any atom is 0.131 e. The summed E-state index contributed by atoms with van der Waals surface area (Å²) in [7, 11) is 0. The van der Waals surface area contributed by atoms with Gasteiger partial charge in [-0.25, -0.2) is 4.98 Å². The van der Waals surface area contributed by atoms with Crippen LogP contribution in [0.2, 0.25) is 0 Å². The van der Waals surface area contributed by atoms with Gasteiger partial charge in [0.1, 0.15) is 23.1 Å². The van der Waals surface area contributed by atoms with Crippen LogP contribution in [0, 0.1) is 0 Å². The summed E-state index contributed by atoms with van der Waals surface area (Å²) >= 11 is 1.69. The number of nitrogens with zero attached hydrogens (tertiary/aromatic N) is 1. The zero-order valence-corrected chi connectivity index (χ0v) is 13.0. The van der Waals surface area contributed by atoms with Crippen molar-refractivity contribution >= 4 is 11.3 Å². The molecule has 112 valence electrons. The van der Waals surface area contributed by atoms with Crippen molar-refractivity contribution in [1.82, 2.24) is 10.3 Å². The van der Waals surface area contributed by atoms with Crippen LogP contribution < -0.4 is 14.8 Å². The lowest BCUT2D eigenvalue weighted by Gasteiger charge is -2.07. The topological polar surface area (TPSA) is 43.4 Å². The van der Waals surface area contributed by atoms with Gasteiger partial charge in [-0.2, -0.15) is 0 Å². The van der Waals surface area contributed by atoms with Gasteiger partial charge in [-0.1, -0.05) is 6.07 Å². The number of rotatable bonds is 8. The van der Waals surface area contributed by atoms with Crippen LogP contribution in [0.1, 0.15) is 30.5 Å². The second kappa shape index (κ2) is 6.91. The molecule has 3 rings (SSSR count). The van der Waals surface area contributed by atoms with E-state index in [9.17, 15) is 0 Å². The molecule has 1 aliphatic rings. The maximum atomic E-state index is 5.77. The van der Waals surface area contributed by atoms with Crippen LogP contribution in [-0.4, -0.2) is 17.6 Å². The first-order valence-corrected chi connectivity index (χ1v) is 8.24. The highest BCUT2D eigenvalue weighted by Gasteiger charge is 2.20. The summed E-state index contributed by atoms with van der Waals surface area (Å²) in [6.45, 7) is 4.00. The van der Waals surface area contributed by atoms with E-state index in [1.807, 2.05) is 31.2 Å². The van der Waals surface area contributed by atoms with Crippen LogP contribution in [0.4, 0.5) is 0 Å². The van der Waals surface area contributed by atoms with Crippen molar-refractivity contribution in [3.8, 4) is 11.5 Å². The maximum absolute atomic E-state index is 5.77. The molecule has 0 spiro atoms. The van der Waals surface area contributed by atoms with E-state index in [1.165, 1.54) is 12.8 Å². The van der Waals surface area contributed by atoms with Gasteiger partial charge in [0, 0.05) is 24.0 Å². The quantitative estimate of drug-likeness (QED) is 0.812. The van der Waals surface area contributed by atoms with Crippen LogP contribution in [0.25, 0.3) is 0 Å². The Morgan fingerprint density at radius 2 is 2.10 bits per heavy atom. The smallest absolute Gasteiger partial charge is 0.131 e. The van der Waals surface area contributed by atoms with Gasteiger partial charge in [-0.05, 0) is 31.9 Å². The molecule has 0 unspecified atom stereocenters. The normalized spacial score (nSPS) is 14.1. The average molecular weight is 304 g/mol. The van der Waals surface area contributed by atoms with Crippen molar-refractivity contribution in [2.45, 2.75) is 39.0 Å². The number of benzene rings is 1. The van der Waals surface area contributed by atoms with Crippen molar-refractivity contribution in [2.75, 3.05) is 6.61 Å². The van der Waals surface area contributed by atoms with Gasteiger partial charge >= 0.3 is 0 Å². The van der Waals surface area contributed by atoms with E-state index < -0.39 is 0 Å². The first-order chi connectivity index (χ1) is 10.3. The first-order valence-electron chi connectivity index (χ1n) is 7.36. The predicted molar refractivity (Wildman–Crippen MR) is 83.9 cm³/mol. The Labute approximate surface area is 129 Å². The van der Waals surface area contributed by atoms with Crippen molar-refractivity contribution in [3.05, 3.63) is 40.3 Å². The Hall–Kier alpha value is -1.59. The van der Waals surface area contributed by atoms with Crippen molar-refractivity contribution in [2.24, 2.45) is 0 Å². The van der Waals surface area contributed by atoms with Crippen LogP contribution in [0.15, 0.2) is 29.6 Å². The van der Waals surface area contributed by atoms with Gasteiger partial charge in [0.25, 0.3) is 0 Å². The lowest BCUT2D eigenvalue weighted by Crippen LogP contribution is -2.15. The summed E-state index contributed by atoms with van der Waals surface area (Å²) in [6, 6.07) is 8.43. The Balaban J connectivity index is 1.50. The minimum absolute atomic E-state index is 0.496. The minimum Gasteiger partial charge on any atom is -0.494 e. The highest BCUT2D eigenvalue weighted by atomic mass is 32.1. The van der Waals surface area contributed by atoms with Crippen LogP contribution in [-0.2, 0) is 13.2 Å². The lowest BCUT2D eigenvalue weighted by atomic mass is 10.3. The summed E-state index contributed by atoms with van der Waals surface area (Å²) < 4.78 is 11.2. The highest BCUT2D eigenvalue weighted by Crippen LogP contribution is 2.22. The molecule has 1 aliphatic carbocycles. The van der Waals surface area contributed by atoms with Crippen LogP contribution in [0.5, 0.6) is 11.5 Å². The molecule has 0 atom stereocenters. The molecule has 0 bridgehead atoms. The average Bonchev–Trinajstić information content (AvgIpc) is 3.22. The van der Waals surface area contributed by atoms with Gasteiger partial charge in [0.15, 0.2) is 0 Å². The minimum atomic E-state index is 0.496. The van der Waals surface area contributed by atoms with Gasteiger partial charge < -0.3 is 14.8 Å². The predicted octanol–water partition coefficient (Wildman–Crippen LogP) is 3.37. The Morgan fingerprint density at radius 3 is 2.86 bits per heavy atom. The third kappa shape index (κ3) is 4.44. The Kier molecular flexibility index (Phi) is 4.72. The molecular formula is C16H20N2O2S. The second-order valence-electron chi connectivity index (χ2n) is 5.08.